The highest BCUT2D eigenvalue weighted by molar-refractivity contribution is 7.92. The minimum atomic E-state index is -3.45. The third kappa shape index (κ3) is 4.83. The van der Waals surface area contributed by atoms with Gasteiger partial charge in [-0.2, -0.15) is 4.31 Å². The first-order valence-corrected chi connectivity index (χ1v) is 9.37. The number of benzene rings is 1. The predicted octanol–water partition coefficient (Wildman–Crippen LogP) is 2.84. The molecule has 1 fully saturated rings. The number of hydrogen-bond acceptors (Lipinski definition) is 3. The monoisotopic (exact) mass is 350 g/mol. The third-order valence-corrected chi connectivity index (χ3v) is 5.60. The summed E-state index contributed by atoms with van der Waals surface area (Å²) in [5.74, 6) is 2.28. The summed E-state index contributed by atoms with van der Waals surface area (Å²) in [5.41, 5.74) is 0.553. The SMILES string of the molecule is C#CCC(C)(C)C=CS(=O)(=O)N1CCN(c2ccc(F)cc2)CC1. The summed E-state index contributed by atoms with van der Waals surface area (Å²) in [6.07, 6.45) is 7.45. The van der Waals surface area contributed by atoms with Gasteiger partial charge in [-0.05, 0) is 29.7 Å². The van der Waals surface area contributed by atoms with Crippen LogP contribution in [0.1, 0.15) is 20.3 Å². The molecular weight excluding hydrogens is 327 g/mol. The van der Waals surface area contributed by atoms with Gasteiger partial charge in [0.25, 0.3) is 0 Å². The highest BCUT2D eigenvalue weighted by Gasteiger charge is 2.26. The van der Waals surface area contributed by atoms with Crippen molar-refractivity contribution < 1.29 is 12.8 Å². The van der Waals surface area contributed by atoms with Crippen molar-refractivity contribution >= 4 is 15.7 Å². The Morgan fingerprint density at radius 2 is 1.79 bits per heavy atom. The quantitative estimate of drug-likeness (QED) is 0.767. The van der Waals surface area contributed by atoms with E-state index in [-0.39, 0.29) is 11.2 Å². The van der Waals surface area contributed by atoms with Gasteiger partial charge in [0, 0.05) is 43.7 Å². The van der Waals surface area contributed by atoms with Crippen LogP contribution in [0.5, 0.6) is 0 Å². The second-order valence-electron chi connectivity index (χ2n) is 6.58. The maximum absolute atomic E-state index is 13.0. The van der Waals surface area contributed by atoms with Crippen LogP contribution in [0.3, 0.4) is 0 Å². The Balaban J connectivity index is 1.99. The average Bonchev–Trinajstić information content (AvgIpc) is 2.54. The zero-order valence-electron chi connectivity index (χ0n) is 14.1. The van der Waals surface area contributed by atoms with Crippen LogP contribution < -0.4 is 4.90 Å². The molecule has 1 saturated heterocycles. The lowest BCUT2D eigenvalue weighted by Crippen LogP contribution is -2.48. The van der Waals surface area contributed by atoms with E-state index < -0.39 is 10.0 Å². The molecule has 0 bridgehead atoms. The summed E-state index contributed by atoms with van der Waals surface area (Å²) >= 11 is 0. The van der Waals surface area contributed by atoms with E-state index in [4.69, 9.17) is 6.42 Å². The predicted molar refractivity (Wildman–Crippen MR) is 95.5 cm³/mol. The first kappa shape index (κ1) is 18.5. The van der Waals surface area contributed by atoms with Crippen LogP contribution in [0.2, 0.25) is 0 Å². The maximum atomic E-state index is 13.0. The van der Waals surface area contributed by atoms with Crippen LogP contribution in [0.4, 0.5) is 10.1 Å². The first-order valence-electron chi connectivity index (χ1n) is 7.87. The van der Waals surface area contributed by atoms with Crippen molar-refractivity contribution in [3.05, 3.63) is 41.6 Å². The number of nitrogens with zero attached hydrogens (tertiary/aromatic N) is 2. The highest BCUT2D eigenvalue weighted by Crippen LogP contribution is 2.23. The normalized spacial score (nSPS) is 17.2. The van der Waals surface area contributed by atoms with Crippen molar-refractivity contribution in [2.24, 2.45) is 5.41 Å². The molecule has 6 heteroatoms. The Morgan fingerprint density at radius 3 is 2.33 bits per heavy atom. The molecule has 24 heavy (non-hydrogen) atoms. The summed E-state index contributed by atoms with van der Waals surface area (Å²) < 4.78 is 39.3. The molecular formula is C18H23FN2O2S. The average molecular weight is 350 g/mol. The van der Waals surface area contributed by atoms with Crippen molar-refractivity contribution in [2.75, 3.05) is 31.1 Å². The minimum absolute atomic E-state index is 0.278. The molecule has 0 radical (unpaired) electrons. The van der Waals surface area contributed by atoms with Gasteiger partial charge in [-0.25, -0.2) is 12.8 Å². The summed E-state index contributed by atoms with van der Waals surface area (Å²) in [4.78, 5) is 2.05. The molecule has 0 aromatic heterocycles. The van der Waals surface area contributed by atoms with E-state index in [2.05, 4.69) is 10.8 Å². The lowest BCUT2D eigenvalue weighted by Gasteiger charge is -2.35. The Morgan fingerprint density at radius 1 is 1.21 bits per heavy atom. The van der Waals surface area contributed by atoms with E-state index >= 15 is 0 Å². The fraction of sp³-hybridized carbons (Fsp3) is 0.444. The van der Waals surface area contributed by atoms with Crippen molar-refractivity contribution in [3.63, 3.8) is 0 Å². The molecule has 1 aromatic rings. The van der Waals surface area contributed by atoms with E-state index in [1.54, 1.807) is 18.2 Å². The van der Waals surface area contributed by atoms with Gasteiger partial charge < -0.3 is 4.90 Å². The van der Waals surface area contributed by atoms with Crippen molar-refractivity contribution in [2.45, 2.75) is 20.3 Å². The fourth-order valence-corrected chi connectivity index (χ4v) is 3.92. The van der Waals surface area contributed by atoms with Crippen LogP contribution in [0.25, 0.3) is 0 Å². The minimum Gasteiger partial charge on any atom is -0.369 e. The van der Waals surface area contributed by atoms with Gasteiger partial charge in [-0.1, -0.05) is 19.9 Å². The summed E-state index contributed by atoms with van der Waals surface area (Å²) in [7, 11) is -3.45. The fourth-order valence-electron chi connectivity index (χ4n) is 2.53. The van der Waals surface area contributed by atoms with Crippen LogP contribution in [-0.2, 0) is 10.0 Å². The number of terminal acetylenes is 1. The molecule has 0 unspecified atom stereocenters. The van der Waals surface area contributed by atoms with Crippen LogP contribution in [-0.4, -0.2) is 38.9 Å². The van der Waals surface area contributed by atoms with Crippen LogP contribution in [0.15, 0.2) is 35.7 Å². The highest BCUT2D eigenvalue weighted by atomic mass is 32.2. The molecule has 0 saturated carbocycles. The Bertz CT molecular complexity index is 725. The smallest absolute Gasteiger partial charge is 0.236 e. The topological polar surface area (TPSA) is 40.6 Å². The standard InChI is InChI=1S/C18H23FN2O2S/c1-4-9-18(2,3)10-15-24(22,23)21-13-11-20(12-14-21)17-7-5-16(19)6-8-17/h1,5-8,10,15H,9,11-14H2,2-3H3. The van der Waals surface area contributed by atoms with E-state index in [0.717, 1.165) is 5.69 Å². The lowest BCUT2D eigenvalue weighted by molar-refractivity contribution is 0.389. The number of piperazine rings is 1. The van der Waals surface area contributed by atoms with Gasteiger partial charge in [0.15, 0.2) is 0 Å². The maximum Gasteiger partial charge on any atom is 0.236 e. The number of halogens is 1. The molecule has 4 nitrogen and oxygen atoms in total. The van der Waals surface area contributed by atoms with E-state index in [1.807, 2.05) is 13.8 Å². The number of sulfonamides is 1. The van der Waals surface area contributed by atoms with E-state index in [1.165, 1.54) is 21.8 Å². The number of anilines is 1. The Kier molecular flexibility index (Phi) is 5.68. The third-order valence-electron chi connectivity index (χ3n) is 4.04. The van der Waals surface area contributed by atoms with Gasteiger partial charge in [0.1, 0.15) is 5.82 Å². The second-order valence-corrected chi connectivity index (χ2v) is 8.40. The zero-order chi connectivity index (χ0) is 17.8. The van der Waals surface area contributed by atoms with Crippen molar-refractivity contribution in [1.82, 2.24) is 4.31 Å². The van der Waals surface area contributed by atoms with E-state index in [9.17, 15) is 12.8 Å². The Hall–Kier alpha value is -1.84. The molecule has 0 spiro atoms. The van der Waals surface area contributed by atoms with E-state index in [0.29, 0.717) is 32.6 Å². The lowest BCUT2D eigenvalue weighted by atomic mass is 9.90. The molecule has 1 heterocycles. The molecule has 2 rings (SSSR count). The molecule has 130 valence electrons. The van der Waals surface area contributed by atoms with Crippen LogP contribution >= 0.6 is 0 Å². The first-order chi connectivity index (χ1) is 11.2. The molecule has 0 atom stereocenters. The Labute approximate surface area is 144 Å². The summed E-state index contributed by atoms with van der Waals surface area (Å²) in [5, 5.41) is 1.26. The molecule has 1 aromatic carbocycles. The molecule has 0 amide bonds. The van der Waals surface area contributed by atoms with Gasteiger partial charge in [-0.3, -0.25) is 0 Å². The molecule has 1 aliphatic rings. The molecule has 0 N–H and O–H groups in total. The number of rotatable bonds is 5. The molecule has 0 aliphatic carbocycles. The summed E-state index contributed by atoms with van der Waals surface area (Å²) in [6.45, 7) is 5.77. The van der Waals surface area contributed by atoms with Gasteiger partial charge in [-0.15, -0.1) is 12.3 Å². The van der Waals surface area contributed by atoms with Gasteiger partial charge in [0.05, 0.1) is 0 Å². The molecule has 1 aliphatic heterocycles. The van der Waals surface area contributed by atoms with Crippen molar-refractivity contribution in [3.8, 4) is 12.3 Å². The summed E-state index contributed by atoms with van der Waals surface area (Å²) in [6, 6.07) is 6.24. The van der Waals surface area contributed by atoms with Gasteiger partial charge >= 0.3 is 0 Å². The second kappa shape index (κ2) is 7.37. The zero-order valence-corrected chi connectivity index (χ0v) is 14.9. The van der Waals surface area contributed by atoms with Crippen molar-refractivity contribution in [1.29, 1.82) is 0 Å². The van der Waals surface area contributed by atoms with Crippen LogP contribution in [0, 0.1) is 23.6 Å². The largest absolute Gasteiger partial charge is 0.369 e. The van der Waals surface area contributed by atoms with Gasteiger partial charge in [0.2, 0.25) is 10.0 Å². The number of allylic oxidation sites excluding steroid dienone is 1. The number of hydrogen-bond donors (Lipinski definition) is 0.